The van der Waals surface area contributed by atoms with Crippen LogP contribution in [0.2, 0.25) is 0 Å². The second kappa shape index (κ2) is 4.82. The van der Waals surface area contributed by atoms with Crippen molar-refractivity contribution < 1.29 is 0 Å². The highest BCUT2D eigenvalue weighted by Gasteiger charge is 1.96. The van der Waals surface area contributed by atoms with E-state index in [1.165, 1.54) is 6.33 Å². The van der Waals surface area contributed by atoms with Gasteiger partial charge in [-0.25, -0.2) is 9.97 Å². The van der Waals surface area contributed by atoms with E-state index < -0.39 is 0 Å². The van der Waals surface area contributed by atoms with Crippen LogP contribution in [0, 0.1) is 0 Å². The Labute approximate surface area is 82.9 Å². The minimum Gasteiger partial charge on any atom is -0.365 e. The standard InChI is InChI=1S/C9H12ClN3/c1-3-8-4-9(13-6-12-8)11-5-7(2)10/h4,6H,2-3,5H2,1H3,(H,11,12,13). The van der Waals surface area contributed by atoms with E-state index in [4.69, 9.17) is 11.6 Å². The van der Waals surface area contributed by atoms with Gasteiger partial charge in [0.1, 0.15) is 12.1 Å². The van der Waals surface area contributed by atoms with E-state index in [2.05, 4.69) is 21.9 Å². The van der Waals surface area contributed by atoms with Crippen molar-refractivity contribution in [1.82, 2.24) is 9.97 Å². The Balaban J connectivity index is 2.61. The zero-order chi connectivity index (χ0) is 9.68. The summed E-state index contributed by atoms with van der Waals surface area (Å²) in [5.74, 6) is 0.786. The highest BCUT2D eigenvalue weighted by Crippen LogP contribution is 2.05. The van der Waals surface area contributed by atoms with Crippen LogP contribution in [0.5, 0.6) is 0 Å². The SMILES string of the molecule is C=C(Cl)CNc1cc(CC)ncn1. The Morgan fingerprint density at radius 1 is 1.62 bits per heavy atom. The molecule has 0 bridgehead atoms. The average molecular weight is 198 g/mol. The molecule has 0 saturated heterocycles. The first kappa shape index (κ1) is 9.99. The van der Waals surface area contributed by atoms with Crippen molar-refractivity contribution in [3.63, 3.8) is 0 Å². The molecule has 0 spiro atoms. The van der Waals surface area contributed by atoms with E-state index in [0.717, 1.165) is 17.9 Å². The zero-order valence-electron chi connectivity index (χ0n) is 7.55. The molecule has 3 nitrogen and oxygen atoms in total. The third kappa shape index (κ3) is 3.42. The molecule has 0 amide bonds. The predicted molar refractivity (Wildman–Crippen MR) is 54.9 cm³/mol. The van der Waals surface area contributed by atoms with Gasteiger partial charge in [0.15, 0.2) is 0 Å². The second-order valence-electron chi connectivity index (χ2n) is 2.62. The number of anilines is 1. The maximum absolute atomic E-state index is 5.60. The molecule has 4 heteroatoms. The number of halogens is 1. The largest absolute Gasteiger partial charge is 0.365 e. The van der Waals surface area contributed by atoms with Gasteiger partial charge in [-0.05, 0) is 6.42 Å². The normalized spacial score (nSPS) is 9.69. The number of aryl methyl sites for hydroxylation is 1. The lowest BCUT2D eigenvalue weighted by Crippen LogP contribution is -2.03. The molecule has 0 atom stereocenters. The third-order valence-electron chi connectivity index (χ3n) is 1.55. The fourth-order valence-electron chi connectivity index (χ4n) is 0.874. The van der Waals surface area contributed by atoms with Gasteiger partial charge in [-0.15, -0.1) is 0 Å². The van der Waals surface area contributed by atoms with Crippen LogP contribution < -0.4 is 5.32 Å². The van der Waals surface area contributed by atoms with Crippen LogP contribution >= 0.6 is 11.6 Å². The summed E-state index contributed by atoms with van der Waals surface area (Å²) in [4.78, 5) is 8.12. The Morgan fingerprint density at radius 2 is 2.38 bits per heavy atom. The fraction of sp³-hybridized carbons (Fsp3) is 0.333. The molecule has 1 aromatic heterocycles. The number of hydrogen-bond acceptors (Lipinski definition) is 3. The van der Waals surface area contributed by atoms with Crippen molar-refractivity contribution in [2.45, 2.75) is 13.3 Å². The summed E-state index contributed by atoms with van der Waals surface area (Å²) in [5, 5.41) is 3.60. The highest BCUT2D eigenvalue weighted by molar-refractivity contribution is 6.29. The molecule has 0 aliphatic carbocycles. The fourth-order valence-corrected chi connectivity index (χ4v) is 0.941. The summed E-state index contributed by atoms with van der Waals surface area (Å²) in [5.41, 5.74) is 1.01. The molecule has 0 fully saturated rings. The first-order valence-corrected chi connectivity index (χ1v) is 4.48. The van der Waals surface area contributed by atoms with Gasteiger partial charge in [0.2, 0.25) is 0 Å². The van der Waals surface area contributed by atoms with Crippen LogP contribution in [0.25, 0.3) is 0 Å². The smallest absolute Gasteiger partial charge is 0.129 e. The van der Waals surface area contributed by atoms with Crippen LogP contribution in [0.3, 0.4) is 0 Å². The van der Waals surface area contributed by atoms with Crippen molar-refractivity contribution in [3.8, 4) is 0 Å². The van der Waals surface area contributed by atoms with Crippen molar-refractivity contribution >= 4 is 17.4 Å². The molecular weight excluding hydrogens is 186 g/mol. The summed E-state index contributed by atoms with van der Waals surface area (Å²) in [7, 11) is 0. The summed E-state index contributed by atoms with van der Waals surface area (Å²) < 4.78 is 0. The van der Waals surface area contributed by atoms with Crippen molar-refractivity contribution in [3.05, 3.63) is 29.7 Å². The van der Waals surface area contributed by atoms with Gasteiger partial charge in [0.05, 0.1) is 6.54 Å². The molecule has 1 aromatic rings. The number of nitrogens with zero attached hydrogens (tertiary/aromatic N) is 2. The summed E-state index contributed by atoms with van der Waals surface area (Å²) in [6.07, 6.45) is 2.44. The molecule has 0 unspecified atom stereocenters. The molecule has 0 saturated carbocycles. The van der Waals surface area contributed by atoms with Crippen molar-refractivity contribution in [2.75, 3.05) is 11.9 Å². The lowest BCUT2D eigenvalue weighted by Gasteiger charge is -2.04. The van der Waals surface area contributed by atoms with Gasteiger partial charge in [-0.2, -0.15) is 0 Å². The molecule has 1 heterocycles. The Morgan fingerprint density at radius 3 is 3.00 bits per heavy atom. The average Bonchev–Trinajstić information content (AvgIpc) is 2.15. The Bertz CT molecular complexity index is 299. The molecule has 13 heavy (non-hydrogen) atoms. The molecule has 0 aliphatic rings. The third-order valence-corrected chi connectivity index (χ3v) is 1.68. The van der Waals surface area contributed by atoms with E-state index >= 15 is 0 Å². The van der Waals surface area contributed by atoms with Gasteiger partial charge in [0.25, 0.3) is 0 Å². The number of rotatable bonds is 4. The van der Waals surface area contributed by atoms with Crippen molar-refractivity contribution in [1.29, 1.82) is 0 Å². The van der Waals surface area contributed by atoms with E-state index in [1.807, 2.05) is 13.0 Å². The molecule has 1 rings (SSSR count). The number of aromatic nitrogens is 2. The van der Waals surface area contributed by atoms with Gasteiger partial charge < -0.3 is 5.32 Å². The van der Waals surface area contributed by atoms with Gasteiger partial charge in [-0.1, -0.05) is 25.1 Å². The molecular formula is C9H12ClN3. The predicted octanol–water partition coefficient (Wildman–Crippen LogP) is 2.20. The maximum Gasteiger partial charge on any atom is 0.129 e. The van der Waals surface area contributed by atoms with Crippen LogP contribution in [-0.4, -0.2) is 16.5 Å². The van der Waals surface area contributed by atoms with Gasteiger partial charge in [-0.3, -0.25) is 0 Å². The second-order valence-corrected chi connectivity index (χ2v) is 3.15. The summed E-state index contributed by atoms with van der Waals surface area (Å²) >= 11 is 5.60. The molecule has 0 radical (unpaired) electrons. The van der Waals surface area contributed by atoms with Crippen LogP contribution in [0.15, 0.2) is 24.0 Å². The van der Waals surface area contributed by atoms with E-state index in [9.17, 15) is 0 Å². The first-order valence-electron chi connectivity index (χ1n) is 4.10. The lowest BCUT2D eigenvalue weighted by molar-refractivity contribution is 0.995. The van der Waals surface area contributed by atoms with Crippen molar-refractivity contribution in [2.24, 2.45) is 0 Å². The maximum atomic E-state index is 5.60. The lowest BCUT2D eigenvalue weighted by atomic mass is 10.3. The van der Waals surface area contributed by atoms with Gasteiger partial charge >= 0.3 is 0 Å². The topological polar surface area (TPSA) is 37.8 Å². The minimum absolute atomic E-state index is 0.529. The van der Waals surface area contributed by atoms with Crippen LogP contribution in [-0.2, 0) is 6.42 Å². The summed E-state index contributed by atoms with van der Waals surface area (Å²) in [6.45, 7) is 6.15. The van der Waals surface area contributed by atoms with E-state index in [-0.39, 0.29) is 0 Å². The number of nitrogens with one attached hydrogen (secondary N) is 1. The number of hydrogen-bond donors (Lipinski definition) is 1. The quantitative estimate of drug-likeness (QED) is 0.804. The molecule has 0 aliphatic heterocycles. The zero-order valence-corrected chi connectivity index (χ0v) is 8.30. The highest BCUT2D eigenvalue weighted by atomic mass is 35.5. The Kier molecular flexibility index (Phi) is 3.71. The van der Waals surface area contributed by atoms with Crippen LogP contribution in [0.1, 0.15) is 12.6 Å². The molecule has 70 valence electrons. The van der Waals surface area contributed by atoms with Crippen LogP contribution in [0.4, 0.5) is 5.82 Å². The van der Waals surface area contributed by atoms with E-state index in [1.54, 1.807) is 0 Å². The van der Waals surface area contributed by atoms with E-state index in [0.29, 0.717) is 11.6 Å². The Hall–Kier alpha value is -1.09. The first-order chi connectivity index (χ1) is 6.22. The molecule has 0 aromatic carbocycles. The summed E-state index contributed by atoms with van der Waals surface area (Å²) in [6, 6.07) is 1.90. The minimum atomic E-state index is 0.529. The van der Waals surface area contributed by atoms with Gasteiger partial charge in [0, 0.05) is 16.8 Å². The monoisotopic (exact) mass is 197 g/mol. The molecule has 1 N–H and O–H groups in total.